The van der Waals surface area contributed by atoms with E-state index < -0.39 is 0 Å². The second-order valence-electron chi connectivity index (χ2n) is 5.03. The number of rotatable bonds is 5. The van der Waals surface area contributed by atoms with Crippen molar-refractivity contribution in [3.05, 3.63) is 63.9 Å². The third-order valence-corrected chi connectivity index (χ3v) is 4.31. The molecule has 0 heterocycles. The Morgan fingerprint density at radius 3 is 2.48 bits per heavy atom. The molecule has 0 atom stereocenters. The zero-order valence-corrected chi connectivity index (χ0v) is 14.8. The molecule has 0 saturated carbocycles. The Balaban J connectivity index is 2.41. The highest BCUT2D eigenvalue weighted by Gasteiger charge is 2.09. The maximum Gasteiger partial charge on any atom is 0.131 e. The first kappa shape index (κ1) is 17.2. The van der Waals surface area contributed by atoms with Gasteiger partial charge in [-0.1, -0.05) is 24.3 Å². The number of nitriles is 1. The lowest BCUT2D eigenvalue weighted by Gasteiger charge is -2.22. The van der Waals surface area contributed by atoms with Crippen LogP contribution >= 0.6 is 15.9 Å². The molecule has 118 valence electrons. The molecule has 2 aromatic rings. The Bertz CT molecular complexity index is 758. The maximum absolute atomic E-state index is 13.9. The summed E-state index contributed by atoms with van der Waals surface area (Å²) >= 11 is 3.58. The summed E-state index contributed by atoms with van der Waals surface area (Å²) in [5.41, 5.74) is 2.59. The average Bonchev–Trinajstić information content (AvgIpc) is 2.56. The van der Waals surface area contributed by atoms with Crippen molar-refractivity contribution in [2.75, 3.05) is 18.0 Å². The van der Waals surface area contributed by atoms with Gasteiger partial charge >= 0.3 is 0 Å². The molecule has 0 saturated heterocycles. The topological polar surface area (TPSA) is 27.0 Å². The Kier molecular flexibility index (Phi) is 5.95. The molecule has 0 radical (unpaired) electrons. The molecule has 0 aromatic heterocycles. The lowest BCUT2D eigenvalue weighted by atomic mass is 10.0. The lowest BCUT2D eigenvalue weighted by molar-refractivity contribution is 0.624. The molecule has 4 heteroatoms. The molecule has 0 aliphatic rings. The van der Waals surface area contributed by atoms with Crippen molar-refractivity contribution >= 4 is 33.3 Å². The standard InChI is InChI=1S/C19H18BrFN2/c1-3-23(4-2)19-10-9-14(12-17(19)20)11-15(13-22)16-7-5-6-8-18(16)21/h5-12H,3-4H2,1-2H3. The van der Waals surface area contributed by atoms with Crippen molar-refractivity contribution in [3.8, 4) is 6.07 Å². The second kappa shape index (κ2) is 7.94. The summed E-state index contributed by atoms with van der Waals surface area (Å²) < 4.78 is 14.8. The van der Waals surface area contributed by atoms with Crippen LogP contribution in [0.2, 0.25) is 0 Å². The fourth-order valence-corrected chi connectivity index (χ4v) is 3.10. The highest BCUT2D eigenvalue weighted by atomic mass is 79.9. The lowest BCUT2D eigenvalue weighted by Crippen LogP contribution is -2.22. The molecule has 2 nitrogen and oxygen atoms in total. The van der Waals surface area contributed by atoms with E-state index in [-0.39, 0.29) is 5.82 Å². The van der Waals surface area contributed by atoms with Crippen LogP contribution in [0.5, 0.6) is 0 Å². The molecule has 2 aromatic carbocycles. The van der Waals surface area contributed by atoms with Crippen LogP contribution in [0.1, 0.15) is 25.0 Å². The van der Waals surface area contributed by atoms with Gasteiger partial charge in [-0.25, -0.2) is 4.39 Å². The van der Waals surface area contributed by atoms with Crippen molar-refractivity contribution in [3.63, 3.8) is 0 Å². The van der Waals surface area contributed by atoms with E-state index in [1.165, 1.54) is 6.07 Å². The quantitative estimate of drug-likeness (QED) is 0.511. The number of benzene rings is 2. The maximum atomic E-state index is 13.9. The summed E-state index contributed by atoms with van der Waals surface area (Å²) in [5, 5.41) is 9.35. The van der Waals surface area contributed by atoms with Gasteiger partial charge in [0.25, 0.3) is 0 Å². The third kappa shape index (κ3) is 4.00. The highest BCUT2D eigenvalue weighted by Crippen LogP contribution is 2.29. The van der Waals surface area contributed by atoms with Crippen LogP contribution in [0.3, 0.4) is 0 Å². The first-order valence-corrected chi connectivity index (χ1v) is 8.31. The molecule has 0 bridgehead atoms. The minimum Gasteiger partial charge on any atom is -0.371 e. The number of hydrogen-bond acceptors (Lipinski definition) is 2. The van der Waals surface area contributed by atoms with Crippen molar-refractivity contribution < 1.29 is 4.39 Å². The second-order valence-corrected chi connectivity index (χ2v) is 5.89. The molecule has 0 amide bonds. The molecule has 0 unspecified atom stereocenters. The molecule has 0 N–H and O–H groups in total. The molecule has 0 spiro atoms. The number of hydrogen-bond donors (Lipinski definition) is 0. The van der Waals surface area contributed by atoms with Crippen LogP contribution in [0.25, 0.3) is 11.6 Å². The minimum atomic E-state index is -0.390. The third-order valence-electron chi connectivity index (χ3n) is 3.67. The smallest absolute Gasteiger partial charge is 0.131 e. The monoisotopic (exact) mass is 372 g/mol. The van der Waals surface area contributed by atoms with Crippen molar-refractivity contribution in [2.45, 2.75) is 13.8 Å². The Morgan fingerprint density at radius 1 is 1.22 bits per heavy atom. The van der Waals surface area contributed by atoms with Gasteiger partial charge in [-0.05, 0) is 59.6 Å². The predicted octanol–water partition coefficient (Wildman–Crippen LogP) is 5.50. The van der Waals surface area contributed by atoms with Crippen LogP contribution in [-0.4, -0.2) is 13.1 Å². The fraction of sp³-hybridized carbons (Fsp3) is 0.211. The molecule has 0 aliphatic carbocycles. The molecule has 23 heavy (non-hydrogen) atoms. The zero-order valence-electron chi connectivity index (χ0n) is 13.2. The van der Waals surface area contributed by atoms with Gasteiger partial charge in [0.15, 0.2) is 0 Å². The van der Waals surface area contributed by atoms with Gasteiger partial charge in [0.2, 0.25) is 0 Å². The number of anilines is 1. The Hall–Kier alpha value is -2.12. The fourth-order valence-electron chi connectivity index (χ4n) is 2.45. The normalized spacial score (nSPS) is 11.2. The highest BCUT2D eigenvalue weighted by molar-refractivity contribution is 9.10. The van der Waals surface area contributed by atoms with Gasteiger partial charge in [0, 0.05) is 23.1 Å². The van der Waals surface area contributed by atoms with E-state index >= 15 is 0 Å². The van der Waals surface area contributed by atoms with E-state index in [1.807, 2.05) is 18.2 Å². The predicted molar refractivity (Wildman–Crippen MR) is 97.6 cm³/mol. The summed E-state index contributed by atoms with van der Waals surface area (Å²) in [6.07, 6.45) is 1.70. The van der Waals surface area contributed by atoms with Gasteiger partial charge in [-0.2, -0.15) is 5.26 Å². The summed E-state index contributed by atoms with van der Waals surface area (Å²) in [6, 6.07) is 14.3. The molecular formula is C19H18BrFN2. The van der Waals surface area contributed by atoms with Gasteiger partial charge in [-0.15, -0.1) is 0 Å². The molecule has 0 fully saturated rings. The largest absolute Gasteiger partial charge is 0.371 e. The number of halogens is 2. The van der Waals surface area contributed by atoms with Crippen LogP contribution in [-0.2, 0) is 0 Å². The number of allylic oxidation sites excluding steroid dienone is 1. The van der Waals surface area contributed by atoms with Crippen LogP contribution in [0, 0.1) is 17.1 Å². The Morgan fingerprint density at radius 2 is 1.91 bits per heavy atom. The van der Waals surface area contributed by atoms with E-state index in [1.54, 1.807) is 24.3 Å². The summed E-state index contributed by atoms with van der Waals surface area (Å²) in [4.78, 5) is 2.24. The minimum absolute atomic E-state index is 0.311. The van der Waals surface area contributed by atoms with E-state index in [2.05, 4.69) is 40.7 Å². The molecule has 0 aliphatic heterocycles. The summed E-state index contributed by atoms with van der Waals surface area (Å²) in [5.74, 6) is -0.390. The zero-order chi connectivity index (χ0) is 16.8. The van der Waals surface area contributed by atoms with Crippen molar-refractivity contribution in [2.24, 2.45) is 0 Å². The first-order chi connectivity index (χ1) is 11.1. The van der Waals surface area contributed by atoms with E-state index in [0.717, 1.165) is 28.8 Å². The first-order valence-electron chi connectivity index (χ1n) is 7.51. The van der Waals surface area contributed by atoms with Crippen molar-refractivity contribution in [1.82, 2.24) is 0 Å². The van der Waals surface area contributed by atoms with Gasteiger partial charge in [0.05, 0.1) is 17.3 Å². The van der Waals surface area contributed by atoms with Gasteiger partial charge < -0.3 is 4.90 Å². The van der Waals surface area contributed by atoms with Crippen LogP contribution in [0.4, 0.5) is 10.1 Å². The SMILES string of the molecule is CCN(CC)c1ccc(C=C(C#N)c2ccccc2F)cc1Br. The Labute approximate surface area is 145 Å². The molecular weight excluding hydrogens is 355 g/mol. The summed E-state index contributed by atoms with van der Waals surface area (Å²) in [6.45, 7) is 6.05. The summed E-state index contributed by atoms with van der Waals surface area (Å²) in [7, 11) is 0. The average molecular weight is 373 g/mol. The van der Waals surface area contributed by atoms with Gasteiger partial charge in [-0.3, -0.25) is 0 Å². The van der Waals surface area contributed by atoms with Gasteiger partial charge in [0.1, 0.15) is 5.82 Å². The van der Waals surface area contributed by atoms with E-state index in [9.17, 15) is 9.65 Å². The van der Waals surface area contributed by atoms with E-state index in [0.29, 0.717) is 11.1 Å². The van der Waals surface area contributed by atoms with Crippen molar-refractivity contribution in [1.29, 1.82) is 5.26 Å². The van der Waals surface area contributed by atoms with Crippen LogP contribution < -0.4 is 4.90 Å². The number of nitrogens with zero attached hydrogens (tertiary/aromatic N) is 2. The molecule has 2 rings (SSSR count). The van der Waals surface area contributed by atoms with Crippen LogP contribution in [0.15, 0.2) is 46.9 Å². The van der Waals surface area contributed by atoms with E-state index in [4.69, 9.17) is 0 Å².